The minimum absolute atomic E-state index is 0.133. The number of rotatable bonds is 4. The number of methoxy groups -OCH3 is 1. The zero-order valence-corrected chi connectivity index (χ0v) is 10.3. The fraction of sp³-hybridized carbons (Fsp3) is 0.0909. The molecule has 0 saturated carbocycles. The molecule has 9 heteroatoms. The van der Waals surface area contributed by atoms with Gasteiger partial charge in [-0.3, -0.25) is 24.9 Å². The molecule has 2 aromatic rings. The molecule has 0 bridgehead atoms. The Morgan fingerprint density at radius 2 is 2.00 bits per heavy atom. The number of hydrogen-bond donors (Lipinski definition) is 3. The van der Waals surface area contributed by atoms with Gasteiger partial charge in [0.25, 0.3) is 11.2 Å². The topological polar surface area (TPSA) is 130 Å². The van der Waals surface area contributed by atoms with Crippen LogP contribution in [0.2, 0.25) is 0 Å². The first-order valence-corrected chi connectivity index (χ1v) is 5.42. The Kier molecular flexibility index (Phi) is 3.51. The third kappa shape index (κ3) is 2.83. The van der Waals surface area contributed by atoms with Gasteiger partial charge in [-0.15, -0.1) is 0 Å². The van der Waals surface area contributed by atoms with Crippen LogP contribution in [-0.2, 0) is 0 Å². The second kappa shape index (κ2) is 5.26. The molecular formula is C11H10N4O5. The Morgan fingerprint density at radius 1 is 1.25 bits per heavy atom. The number of nitro groups is 1. The summed E-state index contributed by atoms with van der Waals surface area (Å²) >= 11 is 0. The van der Waals surface area contributed by atoms with Crippen LogP contribution in [0, 0.1) is 10.1 Å². The van der Waals surface area contributed by atoms with E-state index in [9.17, 15) is 19.7 Å². The van der Waals surface area contributed by atoms with Crippen molar-refractivity contribution in [1.82, 2.24) is 9.97 Å². The number of ether oxygens (including phenoxy) is 1. The molecule has 1 aromatic heterocycles. The third-order valence-electron chi connectivity index (χ3n) is 2.43. The second-order valence-corrected chi connectivity index (χ2v) is 3.77. The molecule has 0 fully saturated rings. The van der Waals surface area contributed by atoms with Crippen LogP contribution >= 0.6 is 0 Å². The summed E-state index contributed by atoms with van der Waals surface area (Å²) in [5.74, 6) is 0.353. The average Bonchev–Trinajstić information content (AvgIpc) is 2.37. The quantitative estimate of drug-likeness (QED) is 0.558. The molecule has 0 saturated heterocycles. The van der Waals surface area contributed by atoms with Crippen molar-refractivity contribution in [2.75, 3.05) is 12.4 Å². The van der Waals surface area contributed by atoms with E-state index in [0.717, 1.165) is 6.07 Å². The number of nitrogens with zero attached hydrogens (tertiary/aromatic N) is 1. The van der Waals surface area contributed by atoms with E-state index in [1.165, 1.54) is 25.3 Å². The molecule has 1 aromatic carbocycles. The Hall–Kier alpha value is -3.10. The molecule has 1 heterocycles. The molecule has 0 radical (unpaired) electrons. The number of aromatic amines is 2. The highest BCUT2D eigenvalue weighted by molar-refractivity contribution is 5.66. The highest BCUT2D eigenvalue weighted by Crippen LogP contribution is 2.30. The fourth-order valence-corrected chi connectivity index (χ4v) is 1.58. The molecule has 3 N–H and O–H groups in total. The smallest absolute Gasteiger partial charge is 0.327 e. The predicted molar refractivity (Wildman–Crippen MR) is 70.6 cm³/mol. The lowest BCUT2D eigenvalue weighted by Gasteiger charge is -2.10. The van der Waals surface area contributed by atoms with Crippen molar-refractivity contribution in [2.24, 2.45) is 0 Å². The fourth-order valence-electron chi connectivity index (χ4n) is 1.58. The Bertz CT molecular complexity index is 736. The standard InChI is InChI=1S/C11H10N4O5/c1-20-8-4-6(15(18)19)2-3-7(8)12-9-5-10(16)14-11(17)13-9/h2-5H,1H3,(H3,12,13,14,16,17). The molecule has 0 amide bonds. The van der Waals surface area contributed by atoms with Gasteiger partial charge in [0.15, 0.2) is 0 Å². The lowest BCUT2D eigenvalue weighted by atomic mass is 10.2. The number of hydrogen-bond acceptors (Lipinski definition) is 6. The summed E-state index contributed by atoms with van der Waals surface area (Å²) in [7, 11) is 1.35. The van der Waals surface area contributed by atoms with Crippen molar-refractivity contribution in [2.45, 2.75) is 0 Å². The van der Waals surface area contributed by atoms with Crippen molar-refractivity contribution >= 4 is 17.2 Å². The van der Waals surface area contributed by atoms with Gasteiger partial charge in [-0.2, -0.15) is 0 Å². The van der Waals surface area contributed by atoms with Gasteiger partial charge >= 0.3 is 5.69 Å². The molecule has 0 aliphatic rings. The third-order valence-corrected chi connectivity index (χ3v) is 2.43. The summed E-state index contributed by atoms with van der Waals surface area (Å²) in [6.45, 7) is 0. The summed E-state index contributed by atoms with van der Waals surface area (Å²) in [4.78, 5) is 36.8. The summed E-state index contributed by atoms with van der Waals surface area (Å²) < 4.78 is 5.02. The first-order valence-electron chi connectivity index (χ1n) is 5.42. The van der Waals surface area contributed by atoms with Crippen molar-refractivity contribution in [3.8, 4) is 5.75 Å². The summed E-state index contributed by atoms with van der Waals surface area (Å²) in [5, 5.41) is 13.4. The number of non-ortho nitro benzene ring substituents is 1. The van der Waals surface area contributed by atoms with E-state index in [-0.39, 0.29) is 17.3 Å². The van der Waals surface area contributed by atoms with E-state index in [4.69, 9.17) is 4.74 Å². The minimum atomic E-state index is -0.666. The first-order chi connectivity index (χ1) is 9.49. The van der Waals surface area contributed by atoms with Crippen LogP contribution in [0.4, 0.5) is 17.2 Å². The molecule has 2 rings (SSSR count). The zero-order chi connectivity index (χ0) is 14.7. The number of nitrogens with one attached hydrogen (secondary N) is 3. The van der Waals surface area contributed by atoms with Crippen LogP contribution in [0.1, 0.15) is 0 Å². The van der Waals surface area contributed by atoms with E-state index in [0.29, 0.717) is 5.69 Å². The van der Waals surface area contributed by atoms with Crippen LogP contribution in [0.5, 0.6) is 5.75 Å². The van der Waals surface area contributed by atoms with Gasteiger partial charge in [0.2, 0.25) is 0 Å². The molecule has 0 unspecified atom stereocenters. The highest BCUT2D eigenvalue weighted by Gasteiger charge is 2.11. The van der Waals surface area contributed by atoms with Crippen molar-refractivity contribution in [3.63, 3.8) is 0 Å². The molecule has 9 nitrogen and oxygen atoms in total. The molecule has 20 heavy (non-hydrogen) atoms. The average molecular weight is 278 g/mol. The van der Waals surface area contributed by atoms with Crippen molar-refractivity contribution < 1.29 is 9.66 Å². The number of benzene rings is 1. The van der Waals surface area contributed by atoms with E-state index < -0.39 is 16.2 Å². The SMILES string of the molecule is COc1cc([N+](=O)[O-])ccc1Nc1cc(=O)[nH]c(=O)[nH]1. The minimum Gasteiger partial charge on any atom is -0.494 e. The van der Waals surface area contributed by atoms with Gasteiger partial charge in [0, 0.05) is 12.1 Å². The van der Waals surface area contributed by atoms with E-state index in [2.05, 4.69) is 10.3 Å². The van der Waals surface area contributed by atoms with Crippen LogP contribution in [0.25, 0.3) is 0 Å². The Balaban J connectivity index is 2.40. The highest BCUT2D eigenvalue weighted by atomic mass is 16.6. The van der Waals surface area contributed by atoms with E-state index in [1.807, 2.05) is 4.98 Å². The summed E-state index contributed by atoms with van der Waals surface area (Å²) in [6.07, 6.45) is 0. The normalized spacial score (nSPS) is 10.1. The van der Waals surface area contributed by atoms with Crippen LogP contribution in [0.3, 0.4) is 0 Å². The first kappa shape index (κ1) is 13.3. The van der Waals surface area contributed by atoms with Gasteiger partial charge in [-0.25, -0.2) is 4.79 Å². The van der Waals surface area contributed by atoms with Gasteiger partial charge in [-0.1, -0.05) is 0 Å². The lowest BCUT2D eigenvalue weighted by Crippen LogP contribution is -2.22. The van der Waals surface area contributed by atoms with Crippen LogP contribution in [-0.4, -0.2) is 22.0 Å². The number of aromatic nitrogens is 2. The maximum Gasteiger partial charge on any atom is 0.327 e. The Labute approximate surface area is 111 Å². The molecule has 0 aliphatic heterocycles. The number of H-pyrrole nitrogens is 2. The monoisotopic (exact) mass is 278 g/mol. The number of anilines is 2. The van der Waals surface area contributed by atoms with Crippen molar-refractivity contribution in [3.05, 3.63) is 55.2 Å². The predicted octanol–water partition coefficient (Wildman–Crippen LogP) is 0.724. The van der Waals surface area contributed by atoms with Gasteiger partial charge in [-0.05, 0) is 6.07 Å². The van der Waals surface area contributed by atoms with Gasteiger partial charge in [0.05, 0.1) is 23.8 Å². The van der Waals surface area contributed by atoms with Gasteiger partial charge < -0.3 is 10.1 Å². The van der Waals surface area contributed by atoms with E-state index >= 15 is 0 Å². The molecule has 0 aliphatic carbocycles. The van der Waals surface area contributed by atoms with Gasteiger partial charge in [0.1, 0.15) is 11.6 Å². The molecule has 0 spiro atoms. The summed E-state index contributed by atoms with van der Waals surface area (Å²) in [5.41, 5.74) is -0.996. The summed E-state index contributed by atoms with van der Waals surface area (Å²) in [6, 6.07) is 5.06. The van der Waals surface area contributed by atoms with Crippen LogP contribution in [0.15, 0.2) is 33.9 Å². The molecule has 0 atom stereocenters. The zero-order valence-electron chi connectivity index (χ0n) is 10.3. The van der Waals surface area contributed by atoms with Crippen LogP contribution < -0.4 is 21.3 Å². The maximum atomic E-state index is 11.2. The Morgan fingerprint density at radius 3 is 2.60 bits per heavy atom. The lowest BCUT2D eigenvalue weighted by molar-refractivity contribution is -0.384. The molecule has 104 valence electrons. The van der Waals surface area contributed by atoms with Crippen molar-refractivity contribution in [1.29, 1.82) is 0 Å². The number of nitro benzene ring substituents is 1. The largest absolute Gasteiger partial charge is 0.494 e. The second-order valence-electron chi connectivity index (χ2n) is 3.77. The van der Waals surface area contributed by atoms with E-state index in [1.54, 1.807) is 0 Å². The molecular weight excluding hydrogens is 268 g/mol. The maximum absolute atomic E-state index is 11.2.